The molecular formula is C14H16BrNO2. The molecule has 0 atom stereocenters. The van der Waals surface area contributed by atoms with Crippen LogP contribution in [0, 0.1) is 0 Å². The molecule has 0 aliphatic rings. The predicted octanol–water partition coefficient (Wildman–Crippen LogP) is 3.09. The van der Waals surface area contributed by atoms with E-state index in [1.807, 2.05) is 24.3 Å². The normalized spacial score (nSPS) is 10.8. The lowest BCUT2D eigenvalue weighted by Crippen LogP contribution is -2.15. The molecule has 0 bridgehead atoms. The van der Waals surface area contributed by atoms with Gasteiger partial charge in [0.15, 0.2) is 0 Å². The van der Waals surface area contributed by atoms with E-state index in [1.54, 1.807) is 17.7 Å². The van der Waals surface area contributed by atoms with Crippen molar-refractivity contribution in [3.05, 3.63) is 40.7 Å². The number of hydrogen-bond donors (Lipinski definition) is 0. The average Bonchev–Trinajstić information content (AvgIpc) is 2.39. The lowest BCUT2D eigenvalue weighted by Gasteiger charge is -2.09. The van der Waals surface area contributed by atoms with Gasteiger partial charge in [-0.2, -0.15) is 0 Å². The highest BCUT2D eigenvalue weighted by Crippen LogP contribution is 2.19. The van der Waals surface area contributed by atoms with Crippen molar-refractivity contribution in [2.24, 2.45) is 7.05 Å². The SMILES string of the molecule is Cn1c(=O)ccc2ccc(OCCCCBr)cc21. The second-order valence-corrected chi connectivity index (χ2v) is 4.99. The first-order valence-electron chi connectivity index (χ1n) is 6.01. The summed E-state index contributed by atoms with van der Waals surface area (Å²) in [7, 11) is 1.78. The molecule has 96 valence electrons. The Hall–Kier alpha value is -1.29. The lowest BCUT2D eigenvalue weighted by molar-refractivity contribution is 0.310. The summed E-state index contributed by atoms with van der Waals surface area (Å²) >= 11 is 3.39. The molecule has 0 aliphatic carbocycles. The molecular weight excluding hydrogens is 294 g/mol. The zero-order valence-electron chi connectivity index (χ0n) is 10.4. The quantitative estimate of drug-likeness (QED) is 0.628. The first-order chi connectivity index (χ1) is 8.72. The Bertz CT molecular complexity index is 592. The van der Waals surface area contributed by atoms with Gasteiger partial charge in [-0.25, -0.2) is 0 Å². The van der Waals surface area contributed by atoms with Crippen LogP contribution >= 0.6 is 15.9 Å². The molecule has 1 aromatic carbocycles. The van der Waals surface area contributed by atoms with Gasteiger partial charge in [0.05, 0.1) is 12.1 Å². The molecule has 2 aromatic rings. The van der Waals surface area contributed by atoms with E-state index in [9.17, 15) is 4.79 Å². The highest BCUT2D eigenvalue weighted by Gasteiger charge is 2.01. The zero-order chi connectivity index (χ0) is 13.0. The maximum absolute atomic E-state index is 11.6. The van der Waals surface area contributed by atoms with E-state index in [0.717, 1.165) is 34.8 Å². The average molecular weight is 310 g/mol. The number of aryl methyl sites for hydroxylation is 1. The van der Waals surface area contributed by atoms with Crippen molar-refractivity contribution in [1.29, 1.82) is 0 Å². The van der Waals surface area contributed by atoms with Crippen LogP contribution in [-0.2, 0) is 7.05 Å². The molecule has 0 N–H and O–H groups in total. The number of benzene rings is 1. The molecule has 0 unspecified atom stereocenters. The summed E-state index contributed by atoms with van der Waals surface area (Å²) < 4.78 is 7.31. The molecule has 1 aromatic heterocycles. The van der Waals surface area contributed by atoms with E-state index in [1.165, 1.54) is 0 Å². The Labute approximate surface area is 115 Å². The third-order valence-corrected chi connectivity index (χ3v) is 3.46. The van der Waals surface area contributed by atoms with Gasteiger partial charge in [0.1, 0.15) is 5.75 Å². The largest absolute Gasteiger partial charge is 0.494 e. The van der Waals surface area contributed by atoms with Crippen LogP contribution in [0.25, 0.3) is 10.9 Å². The number of nitrogens with zero attached hydrogens (tertiary/aromatic N) is 1. The Morgan fingerprint density at radius 1 is 1.22 bits per heavy atom. The van der Waals surface area contributed by atoms with E-state index < -0.39 is 0 Å². The summed E-state index contributed by atoms with van der Waals surface area (Å²) in [6.45, 7) is 0.706. The van der Waals surface area contributed by atoms with E-state index in [2.05, 4.69) is 15.9 Å². The van der Waals surface area contributed by atoms with Crippen LogP contribution in [0.3, 0.4) is 0 Å². The minimum atomic E-state index is -0.000983. The first-order valence-corrected chi connectivity index (χ1v) is 7.13. The molecule has 0 saturated heterocycles. The van der Waals surface area contributed by atoms with Crippen molar-refractivity contribution in [1.82, 2.24) is 4.57 Å². The molecule has 0 fully saturated rings. The number of hydrogen-bond acceptors (Lipinski definition) is 2. The van der Waals surface area contributed by atoms with Crippen LogP contribution in [0.5, 0.6) is 5.75 Å². The lowest BCUT2D eigenvalue weighted by atomic mass is 10.2. The van der Waals surface area contributed by atoms with Crippen molar-refractivity contribution >= 4 is 26.8 Å². The van der Waals surface area contributed by atoms with Crippen molar-refractivity contribution in [3.8, 4) is 5.75 Å². The van der Waals surface area contributed by atoms with Crippen molar-refractivity contribution in [3.63, 3.8) is 0 Å². The molecule has 18 heavy (non-hydrogen) atoms. The van der Waals surface area contributed by atoms with Gasteiger partial charge >= 0.3 is 0 Å². The van der Waals surface area contributed by atoms with Gasteiger partial charge in [-0.1, -0.05) is 15.9 Å². The summed E-state index contributed by atoms with van der Waals surface area (Å²) in [6, 6.07) is 9.27. The monoisotopic (exact) mass is 309 g/mol. The van der Waals surface area contributed by atoms with Crippen molar-refractivity contribution < 1.29 is 4.74 Å². The van der Waals surface area contributed by atoms with Gasteiger partial charge in [0.2, 0.25) is 0 Å². The summed E-state index contributed by atoms with van der Waals surface area (Å²) in [5, 5.41) is 2.05. The standard InChI is InChI=1S/C14H16BrNO2/c1-16-13-10-12(18-9-3-2-8-15)6-4-11(13)5-7-14(16)17/h4-7,10H,2-3,8-9H2,1H3. The number of pyridine rings is 1. The fraction of sp³-hybridized carbons (Fsp3) is 0.357. The van der Waals surface area contributed by atoms with Crippen LogP contribution in [-0.4, -0.2) is 16.5 Å². The number of rotatable bonds is 5. The van der Waals surface area contributed by atoms with Crippen LogP contribution in [0.15, 0.2) is 35.1 Å². The van der Waals surface area contributed by atoms with Gasteiger partial charge in [-0.05, 0) is 36.4 Å². The fourth-order valence-electron chi connectivity index (χ4n) is 1.82. The molecule has 0 aliphatic heterocycles. The summed E-state index contributed by atoms with van der Waals surface area (Å²) in [4.78, 5) is 11.6. The first kappa shape index (κ1) is 13.1. The maximum Gasteiger partial charge on any atom is 0.250 e. The highest BCUT2D eigenvalue weighted by molar-refractivity contribution is 9.09. The van der Waals surface area contributed by atoms with Crippen LogP contribution < -0.4 is 10.3 Å². The van der Waals surface area contributed by atoms with Gasteiger partial charge in [0.25, 0.3) is 5.56 Å². The van der Waals surface area contributed by atoms with E-state index >= 15 is 0 Å². The van der Waals surface area contributed by atoms with Gasteiger partial charge in [-0.3, -0.25) is 4.79 Å². The third kappa shape index (κ3) is 2.93. The molecule has 0 spiro atoms. The number of aromatic nitrogens is 1. The Morgan fingerprint density at radius 2 is 2.00 bits per heavy atom. The molecule has 4 heteroatoms. The zero-order valence-corrected chi connectivity index (χ0v) is 11.9. The number of unbranched alkanes of at least 4 members (excludes halogenated alkanes) is 1. The number of alkyl halides is 1. The van der Waals surface area contributed by atoms with E-state index in [0.29, 0.717) is 6.61 Å². The third-order valence-electron chi connectivity index (χ3n) is 2.90. The number of halogens is 1. The van der Waals surface area contributed by atoms with Gasteiger partial charge in [-0.15, -0.1) is 0 Å². The molecule has 0 saturated carbocycles. The minimum Gasteiger partial charge on any atom is -0.494 e. The summed E-state index contributed by atoms with van der Waals surface area (Å²) in [6.07, 6.45) is 2.13. The van der Waals surface area contributed by atoms with E-state index in [-0.39, 0.29) is 5.56 Å². The topological polar surface area (TPSA) is 31.2 Å². The second kappa shape index (κ2) is 6.05. The predicted molar refractivity (Wildman–Crippen MR) is 77.7 cm³/mol. The maximum atomic E-state index is 11.6. The second-order valence-electron chi connectivity index (χ2n) is 4.20. The molecule has 3 nitrogen and oxygen atoms in total. The Morgan fingerprint density at radius 3 is 2.78 bits per heavy atom. The Balaban J connectivity index is 2.21. The highest BCUT2D eigenvalue weighted by atomic mass is 79.9. The summed E-state index contributed by atoms with van der Waals surface area (Å²) in [5.74, 6) is 0.818. The smallest absolute Gasteiger partial charge is 0.250 e. The van der Waals surface area contributed by atoms with Crippen molar-refractivity contribution in [2.45, 2.75) is 12.8 Å². The molecule has 2 rings (SSSR count). The van der Waals surface area contributed by atoms with E-state index in [4.69, 9.17) is 4.74 Å². The number of fused-ring (bicyclic) bond motifs is 1. The molecule has 0 radical (unpaired) electrons. The summed E-state index contributed by atoms with van der Waals surface area (Å²) in [5.41, 5.74) is 0.902. The number of ether oxygens (including phenoxy) is 1. The molecule has 0 amide bonds. The van der Waals surface area contributed by atoms with Gasteiger partial charge < -0.3 is 9.30 Å². The minimum absolute atomic E-state index is 0.000983. The fourth-order valence-corrected chi connectivity index (χ4v) is 2.22. The van der Waals surface area contributed by atoms with Gasteiger partial charge in [0, 0.05) is 24.5 Å². The Kier molecular flexibility index (Phi) is 4.42. The van der Waals surface area contributed by atoms with Crippen LogP contribution in [0.4, 0.5) is 0 Å². The van der Waals surface area contributed by atoms with Crippen LogP contribution in [0.1, 0.15) is 12.8 Å². The van der Waals surface area contributed by atoms with Crippen molar-refractivity contribution in [2.75, 3.05) is 11.9 Å². The molecule has 1 heterocycles. The van der Waals surface area contributed by atoms with Crippen LogP contribution in [0.2, 0.25) is 0 Å².